The van der Waals surface area contributed by atoms with E-state index in [1.165, 1.54) is 11.1 Å². The summed E-state index contributed by atoms with van der Waals surface area (Å²) in [6.07, 6.45) is 14.5. The number of aromatic nitrogens is 5. The summed E-state index contributed by atoms with van der Waals surface area (Å²) in [6, 6.07) is 95.8. The monoisotopic (exact) mass is 1230 g/mol. The molecular formula is C85H55N5O5. The number of benzene rings is 10. The largest absolute Gasteiger partial charge is 0.455 e. The van der Waals surface area contributed by atoms with Crippen LogP contribution in [0.5, 0.6) is 0 Å². The molecule has 0 aliphatic carbocycles. The van der Waals surface area contributed by atoms with Crippen molar-refractivity contribution in [2.75, 3.05) is 0 Å². The van der Waals surface area contributed by atoms with Crippen LogP contribution in [0.1, 0.15) is 0 Å². The van der Waals surface area contributed by atoms with E-state index in [1.54, 1.807) is 24.8 Å². The van der Waals surface area contributed by atoms with Crippen molar-refractivity contribution in [2.24, 2.45) is 0 Å². The summed E-state index contributed by atoms with van der Waals surface area (Å²) < 4.78 is 29.9. The van der Waals surface area contributed by atoms with Crippen molar-refractivity contribution in [3.8, 4) is 55.6 Å². The summed E-state index contributed by atoms with van der Waals surface area (Å²) in [5, 5.41) is 8.74. The van der Waals surface area contributed by atoms with E-state index in [9.17, 15) is 0 Å². The normalized spacial score (nSPS) is 11.2. The van der Waals surface area contributed by atoms with E-state index >= 15 is 0 Å². The molecule has 0 aliphatic rings. The van der Waals surface area contributed by atoms with Gasteiger partial charge in [0.25, 0.3) is 0 Å². The first kappa shape index (κ1) is 57.1. The van der Waals surface area contributed by atoms with E-state index in [0.29, 0.717) is 0 Å². The average molecular weight is 1230 g/mol. The van der Waals surface area contributed by atoms with Gasteiger partial charge in [0.15, 0.2) is 16.7 Å². The van der Waals surface area contributed by atoms with Crippen LogP contribution >= 0.6 is 0 Å². The van der Waals surface area contributed by atoms with Crippen LogP contribution < -0.4 is 0 Å². The number of hydrogen-bond acceptors (Lipinski definition) is 10. The third-order valence-corrected chi connectivity index (χ3v) is 16.8. The fraction of sp³-hybridized carbons (Fsp3) is 0. The number of rotatable bonds is 5. The van der Waals surface area contributed by atoms with Crippen LogP contribution in [0.15, 0.2) is 357 Å². The van der Waals surface area contributed by atoms with E-state index in [-0.39, 0.29) is 0 Å². The van der Waals surface area contributed by atoms with Crippen LogP contribution in [0.25, 0.3) is 166 Å². The minimum atomic E-state index is 0.834. The van der Waals surface area contributed by atoms with E-state index in [4.69, 9.17) is 22.1 Å². The predicted molar refractivity (Wildman–Crippen MR) is 385 cm³/mol. The zero-order chi connectivity index (χ0) is 63.3. The predicted octanol–water partition coefficient (Wildman–Crippen LogP) is 23.2. The summed E-state index contributed by atoms with van der Waals surface area (Å²) in [5.74, 6) is 0. The van der Waals surface area contributed by atoms with Gasteiger partial charge in [-0.25, -0.2) is 0 Å². The highest BCUT2D eigenvalue weighted by Crippen LogP contribution is 2.40. The van der Waals surface area contributed by atoms with Gasteiger partial charge in [0.2, 0.25) is 0 Å². The molecule has 10 heterocycles. The molecule has 10 aromatic carbocycles. The lowest BCUT2D eigenvalue weighted by molar-refractivity contribution is 0.668. The second kappa shape index (κ2) is 25.7. The van der Waals surface area contributed by atoms with Gasteiger partial charge in [-0.05, 0) is 82.4 Å². The van der Waals surface area contributed by atoms with Crippen LogP contribution in [0.3, 0.4) is 0 Å². The van der Waals surface area contributed by atoms with Gasteiger partial charge in [-0.15, -0.1) is 0 Å². The van der Waals surface area contributed by atoms with Gasteiger partial charge >= 0.3 is 0 Å². The average Bonchev–Trinajstić information content (AvgIpc) is 1.71. The van der Waals surface area contributed by atoms with Crippen molar-refractivity contribution < 1.29 is 22.1 Å². The molecule has 450 valence electrons. The number of furan rings is 5. The molecule has 0 bridgehead atoms. The molecule has 0 fully saturated rings. The Morgan fingerprint density at radius 1 is 0.179 bits per heavy atom. The van der Waals surface area contributed by atoms with Gasteiger partial charge in [-0.3, -0.25) is 24.9 Å². The smallest absolute Gasteiger partial charge is 0.161 e. The maximum Gasteiger partial charge on any atom is 0.161 e. The fourth-order valence-corrected chi connectivity index (χ4v) is 12.4. The van der Waals surface area contributed by atoms with Gasteiger partial charge in [0, 0.05) is 114 Å². The number of nitrogens with zero attached hydrogens (tertiary/aromatic N) is 5. The van der Waals surface area contributed by atoms with Crippen molar-refractivity contribution in [2.45, 2.75) is 0 Å². The van der Waals surface area contributed by atoms with Crippen LogP contribution in [-0.4, -0.2) is 24.9 Å². The SMILES string of the molecule is c1ccc(-c2cccc3c2oc2cccnc23)cc1.c1ccc(-c2cccc3c2oc2ccncc23)cc1.c1ccc(-c2cccc3c2oc2cnccc23)cc1.c1ccc(-c2ccnc3c2oc2ccccc23)cc1.c1ccc(-c2cncc3c2oc2ccccc23)cc1. The Morgan fingerprint density at radius 3 is 1.18 bits per heavy atom. The second-order valence-corrected chi connectivity index (χ2v) is 22.6. The first-order valence-corrected chi connectivity index (χ1v) is 31.2. The zero-order valence-electron chi connectivity index (χ0n) is 51.0. The van der Waals surface area contributed by atoms with Gasteiger partial charge in [0.1, 0.15) is 50.1 Å². The van der Waals surface area contributed by atoms with Gasteiger partial charge < -0.3 is 22.1 Å². The third kappa shape index (κ3) is 11.2. The van der Waals surface area contributed by atoms with E-state index < -0.39 is 0 Å². The summed E-state index contributed by atoms with van der Waals surface area (Å²) in [7, 11) is 0. The lowest BCUT2D eigenvalue weighted by Crippen LogP contribution is -1.80. The molecule has 0 spiro atoms. The highest BCUT2D eigenvalue weighted by molar-refractivity contribution is 6.12. The summed E-state index contributed by atoms with van der Waals surface area (Å²) in [5.41, 5.74) is 21.9. The van der Waals surface area contributed by atoms with Crippen LogP contribution in [0.2, 0.25) is 0 Å². The molecule has 0 amide bonds. The zero-order valence-corrected chi connectivity index (χ0v) is 51.0. The van der Waals surface area contributed by atoms with Crippen LogP contribution in [0.4, 0.5) is 0 Å². The van der Waals surface area contributed by atoms with E-state index in [0.717, 1.165) is 154 Å². The molecule has 10 heteroatoms. The molecular weight excluding hydrogens is 1170 g/mol. The Hall–Kier alpha value is -13.1. The minimum absolute atomic E-state index is 0.834. The molecule has 95 heavy (non-hydrogen) atoms. The Kier molecular flexibility index (Phi) is 15.4. The molecule has 0 atom stereocenters. The second-order valence-electron chi connectivity index (χ2n) is 22.6. The summed E-state index contributed by atoms with van der Waals surface area (Å²) >= 11 is 0. The Balaban J connectivity index is 0.0000000937. The van der Waals surface area contributed by atoms with Crippen molar-refractivity contribution >= 4 is 110 Å². The van der Waals surface area contributed by atoms with Crippen molar-refractivity contribution in [3.63, 3.8) is 0 Å². The molecule has 0 aliphatic heterocycles. The van der Waals surface area contributed by atoms with Crippen molar-refractivity contribution in [3.05, 3.63) is 335 Å². The Labute approximate surface area is 544 Å². The fourth-order valence-electron chi connectivity index (χ4n) is 12.4. The summed E-state index contributed by atoms with van der Waals surface area (Å²) in [4.78, 5) is 21.5. The van der Waals surface area contributed by atoms with Crippen molar-refractivity contribution in [1.82, 2.24) is 24.9 Å². The highest BCUT2D eigenvalue weighted by Gasteiger charge is 2.17. The minimum Gasteiger partial charge on any atom is -0.455 e. The van der Waals surface area contributed by atoms with E-state index in [2.05, 4.69) is 140 Å². The lowest BCUT2D eigenvalue weighted by Gasteiger charge is -2.01. The lowest BCUT2D eigenvalue weighted by atomic mass is 10.0. The maximum atomic E-state index is 6.00. The van der Waals surface area contributed by atoms with Gasteiger partial charge in [0.05, 0.1) is 6.20 Å². The Bertz CT molecular complexity index is 5180. The number of pyridine rings is 5. The highest BCUT2D eigenvalue weighted by atomic mass is 16.3. The number of para-hydroxylation sites is 5. The molecule has 0 saturated heterocycles. The van der Waals surface area contributed by atoms with Crippen molar-refractivity contribution in [1.29, 1.82) is 0 Å². The molecule has 20 aromatic rings. The molecule has 0 radical (unpaired) electrons. The summed E-state index contributed by atoms with van der Waals surface area (Å²) in [6.45, 7) is 0. The quantitative estimate of drug-likeness (QED) is 0.164. The molecule has 10 nitrogen and oxygen atoms in total. The standard InChI is InChI=1S/5C17H11NO/c1-2-6-12(7-3-1)13-8-4-9-14-16-15(19-17(13)14)10-5-11-18-16;1-2-6-12(7-3-1)14-10-18-11-15-13-8-4-5-9-16(13)19-17(14)15;1-2-6-12(7-3-1)13-10-11-18-16-14-8-4-5-9-15(14)19-17(13)16;1-2-5-12(6-3-1)13-7-4-8-15-14-9-10-18-11-16(14)19-17(13)15;1-2-5-12(6-3-1)13-7-4-8-14-15-11-18-10-9-16(15)19-17(13)14/h5*1-11H. The topological polar surface area (TPSA) is 130 Å². The first-order valence-electron chi connectivity index (χ1n) is 31.2. The number of hydrogen-bond donors (Lipinski definition) is 0. The molecule has 0 unspecified atom stereocenters. The molecule has 20 rings (SSSR count). The van der Waals surface area contributed by atoms with Gasteiger partial charge in [-0.1, -0.05) is 231 Å². The first-order chi connectivity index (χ1) is 47.2. The molecule has 0 N–H and O–H groups in total. The van der Waals surface area contributed by atoms with E-state index in [1.807, 2.05) is 195 Å². The number of fused-ring (bicyclic) bond motifs is 15. The van der Waals surface area contributed by atoms with Crippen LogP contribution in [0, 0.1) is 0 Å². The molecule has 10 aromatic heterocycles. The third-order valence-electron chi connectivity index (χ3n) is 16.8. The van der Waals surface area contributed by atoms with Crippen LogP contribution in [-0.2, 0) is 0 Å². The Morgan fingerprint density at radius 2 is 0.568 bits per heavy atom. The van der Waals surface area contributed by atoms with Gasteiger partial charge in [-0.2, -0.15) is 0 Å². The molecule has 0 saturated carbocycles. The maximum absolute atomic E-state index is 6.00.